The summed E-state index contributed by atoms with van der Waals surface area (Å²) >= 11 is 0. The summed E-state index contributed by atoms with van der Waals surface area (Å²) in [6, 6.07) is 14.3. The number of para-hydroxylation sites is 1. The lowest BCUT2D eigenvalue weighted by atomic mass is 10.1. The summed E-state index contributed by atoms with van der Waals surface area (Å²) in [7, 11) is 6.64. The first-order valence-corrected chi connectivity index (χ1v) is 9.97. The molecule has 0 bridgehead atoms. The van der Waals surface area contributed by atoms with Crippen LogP contribution in [-0.4, -0.2) is 45.4 Å². The van der Waals surface area contributed by atoms with Crippen LogP contribution < -0.4 is 24.8 Å². The Balaban J connectivity index is 1.52. The van der Waals surface area contributed by atoms with Gasteiger partial charge in [0.25, 0.3) is 0 Å². The molecule has 0 aliphatic rings. The zero-order valence-electron chi connectivity index (χ0n) is 18.1. The molecule has 0 unspecified atom stereocenters. The highest BCUT2D eigenvalue weighted by molar-refractivity contribution is 5.80. The molecule has 3 rings (SSSR count). The Hall–Kier alpha value is -3.35. The van der Waals surface area contributed by atoms with E-state index >= 15 is 0 Å². The number of methoxy groups -OCH3 is 3. The number of fused-ring (bicyclic) bond motifs is 1. The highest BCUT2D eigenvalue weighted by atomic mass is 16.5. The third-order valence-corrected chi connectivity index (χ3v) is 5.00. The van der Waals surface area contributed by atoms with E-state index in [9.17, 15) is 0 Å². The lowest BCUT2D eigenvalue weighted by molar-refractivity contribution is 0.347. The first kappa shape index (κ1) is 21.4. The number of hydrogen-bond acceptors (Lipinski definition) is 4. The number of hydrogen-bond donors (Lipinski definition) is 2. The van der Waals surface area contributed by atoms with Crippen LogP contribution in [0.5, 0.6) is 17.2 Å². The van der Waals surface area contributed by atoms with E-state index in [1.54, 1.807) is 28.4 Å². The fraction of sp³-hybridized carbons (Fsp3) is 0.348. The highest BCUT2D eigenvalue weighted by Crippen LogP contribution is 2.34. The average Bonchev–Trinajstić information content (AvgIpc) is 3.21. The van der Waals surface area contributed by atoms with Crippen LogP contribution in [0, 0.1) is 0 Å². The van der Waals surface area contributed by atoms with Crippen molar-refractivity contribution in [2.75, 3.05) is 34.9 Å². The Morgan fingerprint density at radius 2 is 1.67 bits per heavy atom. The van der Waals surface area contributed by atoms with Crippen molar-refractivity contribution >= 4 is 16.9 Å². The Morgan fingerprint density at radius 3 is 2.40 bits per heavy atom. The minimum absolute atomic E-state index is 0.547. The van der Waals surface area contributed by atoms with Gasteiger partial charge in [-0.15, -0.1) is 0 Å². The minimum atomic E-state index is 0.547. The fourth-order valence-electron chi connectivity index (χ4n) is 3.42. The van der Waals surface area contributed by atoms with Gasteiger partial charge in [0.15, 0.2) is 17.5 Å². The van der Waals surface area contributed by atoms with Crippen LogP contribution in [0.2, 0.25) is 0 Å². The Morgan fingerprint density at radius 1 is 0.933 bits per heavy atom. The number of ether oxygens (including phenoxy) is 3. The van der Waals surface area contributed by atoms with E-state index < -0.39 is 0 Å². The highest BCUT2D eigenvalue weighted by Gasteiger charge is 2.12. The molecule has 2 N–H and O–H groups in total. The SMILES string of the molecule is CN=C(NCCCn1ccc2ccccc21)NCc1cc(OC)c(OC)cc1OC. The molecule has 7 nitrogen and oxygen atoms in total. The number of aliphatic imine (C=N–C) groups is 1. The Labute approximate surface area is 177 Å². The normalized spacial score (nSPS) is 11.4. The van der Waals surface area contributed by atoms with Crippen LogP contribution in [0.4, 0.5) is 0 Å². The molecule has 0 aliphatic carbocycles. The largest absolute Gasteiger partial charge is 0.496 e. The maximum atomic E-state index is 5.49. The maximum Gasteiger partial charge on any atom is 0.191 e. The molecule has 3 aromatic rings. The Kier molecular flexibility index (Phi) is 7.43. The summed E-state index contributed by atoms with van der Waals surface area (Å²) in [5.41, 5.74) is 2.22. The molecule has 0 radical (unpaired) electrons. The molecule has 0 saturated heterocycles. The van der Waals surface area contributed by atoms with Crippen LogP contribution in [0.15, 0.2) is 53.7 Å². The zero-order chi connectivity index (χ0) is 21.3. The van der Waals surface area contributed by atoms with Crippen molar-refractivity contribution < 1.29 is 14.2 Å². The Bertz CT molecular complexity index is 997. The monoisotopic (exact) mass is 410 g/mol. The molecule has 2 aromatic carbocycles. The summed E-state index contributed by atoms with van der Waals surface area (Å²) < 4.78 is 18.5. The smallest absolute Gasteiger partial charge is 0.191 e. The van der Waals surface area contributed by atoms with E-state index in [1.165, 1.54) is 10.9 Å². The molecule has 0 spiro atoms. The van der Waals surface area contributed by atoms with Crippen LogP contribution in [-0.2, 0) is 13.1 Å². The lowest BCUT2D eigenvalue weighted by Crippen LogP contribution is -2.37. The molecule has 0 amide bonds. The lowest BCUT2D eigenvalue weighted by Gasteiger charge is -2.16. The number of benzene rings is 2. The third kappa shape index (κ3) is 4.97. The topological polar surface area (TPSA) is 69.0 Å². The van der Waals surface area contributed by atoms with Crippen molar-refractivity contribution in [1.82, 2.24) is 15.2 Å². The van der Waals surface area contributed by atoms with Gasteiger partial charge in [-0.1, -0.05) is 18.2 Å². The molecule has 160 valence electrons. The van der Waals surface area contributed by atoms with Gasteiger partial charge in [0.1, 0.15) is 5.75 Å². The second-order valence-corrected chi connectivity index (χ2v) is 6.79. The molecule has 0 aliphatic heterocycles. The fourth-order valence-corrected chi connectivity index (χ4v) is 3.42. The van der Waals surface area contributed by atoms with Crippen molar-refractivity contribution in [2.45, 2.75) is 19.5 Å². The molecule has 0 atom stereocenters. The summed E-state index contributed by atoms with van der Waals surface area (Å²) in [6.45, 7) is 2.31. The van der Waals surface area contributed by atoms with E-state index in [2.05, 4.69) is 56.7 Å². The number of aromatic nitrogens is 1. The predicted octanol–water partition coefficient (Wildman–Crippen LogP) is 3.42. The van der Waals surface area contributed by atoms with Crippen LogP contribution in [0.1, 0.15) is 12.0 Å². The third-order valence-electron chi connectivity index (χ3n) is 5.00. The number of nitrogens with one attached hydrogen (secondary N) is 2. The summed E-state index contributed by atoms with van der Waals surface area (Å²) in [6.07, 6.45) is 3.13. The molecule has 7 heteroatoms. The number of aryl methyl sites for hydroxylation is 1. The van der Waals surface area contributed by atoms with Gasteiger partial charge in [-0.3, -0.25) is 4.99 Å². The van der Waals surface area contributed by atoms with Crippen molar-refractivity contribution in [1.29, 1.82) is 0 Å². The average molecular weight is 411 g/mol. The number of nitrogens with zero attached hydrogens (tertiary/aromatic N) is 2. The van der Waals surface area contributed by atoms with Gasteiger partial charge in [-0.05, 0) is 30.0 Å². The summed E-state index contributed by atoms with van der Waals surface area (Å²) in [5, 5.41) is 7.97. The molecule has 1 heterocycles. The van der Waals surface area contributed by atoms with Crippen molar-refractivity contribution in [3.63, 3.8) is 0 Å². The maximum absolute atomic E-state index is 5.49. The summed E-state index contributed by atoms with van der Waals surface area (Å²) in [5.74, 6) is 2.77. The van der Waals surface area contributed by atoms with Gasteiger partial charge < -0.3 is 29.4 Å². The quantitative estimate of drug-likeness (QED) is 0.321. The first-order chi connectivity index (χ1) is 14.7. The first-order valence-electron chi connectivity index (χ1n) is 9.97. The molecule has 0 saturated carbocycles. The summed E-state index contributed by atoms with van der Waals surface area (Å²) in [4.78, 5) is 4.31. The zero-order valence-corrected chi connectivity index (χ0v) is 18.1. The standard InChI is InChI=1S/C23H30N4O3/c1-24-23(25-11-7-12-27-13-10-17-8-5-6-9-19(17)27)26-16-18-14-21(29-3)22(30-4)15-20(18)28-2/h5-6,8-10,13-15H,7,11-12,16H2,1-4H3,(H2,24,25,26). The van der Waals surface area contributed by atoms with Crippen LogP contribution >= 0.6 is 0 Å². The van der Waals surface area contributed by atoms with E-state index in [-0.39, 0.29) is 0 Å². The number of rotatable bonds is 9. The second-order valence-electron chi connectivity index (χ2n) is 6.79. The molecular weight excluding hydrogens is 380 g/mol. The molecule has 1 aromatic heterocycles. The van der Waals surface area contributed by atoms with Crippen LogP contribution in [0.25, 0.3) is 10.9 Å². The van der Waals surface area contributed by atoms with Crippen LogP contribution in [0.3, 0.4) is 0 Å². The molecule has 30 heavy (non-hydrogen) atoms. The molecular formula is C23H30N4O3. The molecule has 0 fully saturated rings. The van der Waals surface area contributed by atoms with Gasteiger partial charge >= 0.3 is 0 Å². The van der Waals surface area contributed by atoms with E-state index in [1.807, 2.05) is 12.1 Å². The van der Waals surface area contributed by atoms with Gasteiger partial charge in [-0.25, -0.2) is 0 Å². The van der Waals surface area contributed by atoms with Gasteiger partial charge in [0, 0.05) is 50.0 Å². The second kappa shape index (κ2) is 10.4. The van der Waals surface area contributed by atoms with Crippen molar-refractivity contribution in [2.24, 2.45) is 4.99 Å². The van der Waals surface area contributed by atoms with Gasteiger partial charge in [0.2, 0.25) is 0 Å². The van der Waals surface area contributed by atoms with Crippen molar-refractivity contribution in [3.05, 3.63) is 54.2 Å². The van der Waals surface area contributed by atoms with E-state index in [0.29, 0.717) is 18.0 Å². The minimum Gasteiger partial charge on any atom is -0.496 e. The van der Waals surface area contributed by atoms with Gasteiger partial charge in [0.05, 0.1) is 21.3 Å². The number of guanidine groups is 1. The van der Waals surface area contributed by atoms with Crippen molar-refractivity contribution in [3.8, 4) is 17.2 Å². The van der Waals surface area contributed by atoms with E-state index in [0.717, 1.165) is 36.8 Å². The predicted molar refractivity (Wildman–Crippen MR) is 121 cm³/mol. The van der Waals surface area contributed by atoms with E-state index in [4.69, 9.17) is 14.2 Å². The van der Waals surface area contributed by atoms with Gasteiger partial charge in [-0.2, -0.15) is 0 Å².